The third-order valence-electron chi connectivity index (χ3n) is 5.21. The maximum absolute atomic E-state index is 12.3. The molecule has 1 aromatic carbocycles. The first kappa shape index (κ1) is 19.8. The monoisotopic (exact) mass is 365 g/mol. The topological polar surface area (TPSA) is 61.8 Å². The molecule has 1 unspecified atom stereocenters. The first-order valence-electron chi connectivity index (χ1n) is 9.25. The van der Waals surface area contributed by atoms with Crippen molar-refractivity contribution < 1.29 is 8.42 Å². The fraction of sp³-hybridized carbons (Fsp3) is 0.632. The molecule has 5 nitrogen and oxygen atoms in total. The largest absolute Gasteiger partial charge is 0.355 e. The highest BCUT2D eigenvalue weighted by Gasteiger charge is 2.29. The van der Waals surface area contributed by atoms with E-state index in [9.17, 15) is 8.42 Å². The lowest BCUT2D eigenvalue weighted by atomic mass is 9.87. The van der Waals surface area contributed by atoms with E-state index < -0.39 is 9.84 Å². The molecule has 0 spiro atoms. The molecule has 0 radical (unpaired) electrons. The molecule has 0 bridgehead atoms. The molecule has 1 atom stereocenters. The van der Waals surface area contributed by atoms with Gasteiger partial charge in [0.05, 0.1) is 10.6 Å². The molecule has 1 fully saturated rings. The summed E-state index contributed by atoms with van der Waals surface area (Å²) >= 11 is 0. The van der Waals surface area contributed by atoms with Gasteiger partial charge in [-0.2, -0.15) is 0 Å². The smallest absolute Gasteiger partial charge is 0.193 e. The summed E-state index contributed by atoms with van der Waals surface area (Å²) in [7, 11) is -1.49. The van der Waals surface area contributed by atoms with Crippen LogP contribution in [0.3, 0.4) is 0 Å². The van der Waals surface area contributed by atoms with Crippen LogP contribution in [0.2, 0.25) is 0 Å². The standard InChI is InChI=1S/C19H31N3O2S/c1-4-16(5-2)17-11-13-22(15-17)19(20-3)21-12-14-25(23,24)18-9-7-6-8-10-18/h6-10,16-17H,4-5,11-15H2,1-3H3,(H,20,21). The van der Waals surface area contributed by atoms with Crippen LogP contribution in [-0.2, 0) is 9.84 Å². The van der Waals surface area contributed by atoms with Gasteiger partial charge in [0.15, 0.2) is 15.8 Å². The lowest BCUT2D eigenvalue weighted by molar-refractivity contribution is 0.319. The lowest BCUT2D eigenvalue weighted by Gasteiger charge is -2.24. The first-order chi connectivity index (χ1) is 12.0. The van der Waals surface area contributed by atoms with Gasteiger partial charge in [-0.15, -0.1) is 0 Å². The van der Waals surface area contributed by atoms with Crippen molar-refractivity contribution in [2.24, 2.45) is 16.8 Å². The maximum Gasteiger partial charge on any atom is 0.193 e. The molecular weight excluding hydrogens is 334 g/mol. The van der Waals surface area contributed by atoms with Gasteiger partial charge in [0.25, 0.3) is 0 Å². The predicted octanol–water partition coefficient (Wildman–Crippen LogP) is 2.79. The van der Waals surface area contributed by atoms with Gasteiger partial charge in [0.1, 0.15) is 0 Å². The van der Waals surface area contributed by atoms with E-state index in [1.54, 1.807) is 31.3 Å². The number of aliphatic imine (C=N–C) groups is 1. The second-order valence-corrected chi connectivity index (χ2v) is 8.79. The maximum atomic E-state index is 12.3. The number of hydrogen-bond donors (Lipinski definition) is 1. The molecule has 25 heavy (non-hydrogen) atoms. The quantitative estimate of drug-likeness (QED) is 0.596. The van der Waals surface area contributed by atoms with Gasteiger partial charge >= 0.3 is 0 Å². The number of benzene rings is 1. The van der Waals surface area contributed by atoms with E-state index >= 15 is 0 Å². The van der Waals surface area contributed by atoms with Gasteiger partial charge in [0, 0.05) is 26.7 Å². The van der Waals surface area contributed by atoms with E-state index in [4.69, 9.17) is 0 Å². The zero-order chi connectivity index (χ0) is 18.3. The molecule has 1 N–H and O–H groups in total. The minimum atomic E-state index is -3.26. The van der Waals surface area contributed by atoms with E-state index in [-0.39, 0.29) is 5.75 Å². The number of sulfone groups is 1. The Hall–Kier alpha value is -1.56. The van der Waals surface area contributed by atoms with Crippen LogP contribution in [-0.4, -0.2) is 51.7 Å². The summed E-state index contributed by atoms with van der Waals surface area (Å²) in [5.41, 5.74) is 0. The Kier molecular flexibility index (Phi) is 7.29. The first-order valence-corrected chi connectivity index (χ1v) is 10.9. The van der Waals surface area contributed by atoms with Crippen molar-refractivity contribution in [2.75, 3.05) is 32.4 Å². The average molecular weight is 366 g/mol. The molecule has 1 aliphatic rings. The number of nitrogens with zero attached hydrogens (tertiary/aromatic N) is 2. The summed E-state index contributed by atoms with van der Waals surface area (Å²) < 4.78 is 24.7. The van der Waals surface area contributed by atoms with Gasteiger partial charge in [-0.3, -0.25) is 4.99 Å². The molecule has 1 aromatic rings. The fourth-order valence-corrected chi connectivity index (χ4v) is 4.87. The molecule has 1 saturated heterocycles. The summed E-state index contributed by atoms with van der Waals surface area (Å²) in [6.07, 6.45) is 3.63. The molecule has 0 aromatic heterocycles. The minimum absolute atomic E-state index is 0.0693. The van der Waals surface area contributed by atoms with Crippen molar-refractivity contribution in [1.29, 1.82) is 0 Å². The number of hydrogen-bond acceptors (Lipinski definition) is 3. The normalized spacial score (nSPS) is 18.8. The Balaban J connectivity index is 1.87. The number of guanidine groups is 1. The zero-order valence-corrected chi connectivity index (χ0v) is 16.4. The van der Waals surface area contributed by atoms with Crippen molar-refractivity contribution in [2.45, 2.75) is 38.0 Å². The predicted molar refractivity (Wildman–Crippen MR) is 104 cm³/mol. The van der Waals surface area contributed by atoms with Gasteiger partial charge in [-0.25, -0.2) is 8.42 Å². The third-order valence-corrected chi connectivity index (χ3v) is 6.94. The number of nitrogens with one attached hydrogen (secondary N) is 1. The van der Waals surface area contributed by atoms with E-state index in [1.165, 1.54) is 19.3 Å². The minimum Gasteiger partial charge on any atom is -0.355 e. The Morgan fingerprint density at radius 1 is 1.28 bits per heavy atom. The van der Waals surface area contributed by atoms with Gasteiger partial charge < -0.3 is 10.2 Å². The van der Waals surface area contributed by atoms with Crippen molar-refractivity contribution in [3.8, 4) is 0 Å². The van der Waals surface area contributed by atoms with Crippen molar-refractivity contribution in [1.82, 2.24) is 10.2 Å². The second kappa shape index (κ2) is 9.22. The molecule has 2 rings (SSSR count). The molecule has 0 aliphatic carbocycles. The van der Waals surface area contributed by atoms with E-state index in [2.05, 4.69) is 29.1 Å². The Morgan fingerprint density at radius 3 is 2.56 bits per heavy atom. The van der Waals surface area contributed by atoms with Crippen LogP contribution in [0.15, 0.2) is 40.2 Å². The highest BCUT2D eigenvalue weighted by Crippen LogP contribution is 2.28. The summed E-state index contributed by atoms with van der Waals surface area (Å²) in [5, 5.41) is 3.23. The van der Waals surface area contributed by atoms with Crippen LogP contribution in [0.25, 0.3) is 0 Å². The summed E-state index contributed by atoms with van der Waals surface area (Å²) in [6, 6.07) is 8.61. The fourth-order valence-electron chi connectivity index (χ4n) is 3.69. The molecular formula is C19H31N3O2S. The third kappa shape index (κ3) is 5.21. The van der Waals surface area contributed by atoms with Crippen molar-refractivity contribution >= 4 is 15.8 Å². The van der Waals surface area contributed by atoms with E-state index in [0.29, 0.717) is 17.4 Å². The van der Waals surface area contributed by atoms with Crippen LogP contribution >= 0.6 is 0 Å². The molecule has 140 valence electrons. The lowest BCUT2D eigenvalue weighted by Crippen LogP contribution is -2.42. The van der Waals surface area contributed by atoms with Crippen LogP contribution < -0.4 is 5.32 Å². The highest BCUT2D eigenvalue weighted by molar-refractivity contribution is 7.91. The van der Waals surface area contributed by atoms with E-state index in [0.717, 1.165) is 25.0 Å². The molecule has 1 heterocycles. The van der Waals surface area contributed by atoms with Gasteiger partial charge in [0.2, 0.25) is 0 Å². The molecule has 6 heteroatoms. The van der Waals surface area contributed by atoms with Crippen molar-refractivity contribution in [3.63, 3.8) is 0 Å². The highest BCUT2D eigenvalue weighted by atomic mass is 32.2. The summed E-state index contributed by atoms with van der Waals surface area (Å²) in [4.78, 5) is 6.98. The Labute approximate surface area is 152 Å². The molecule has 1 aliphatic heterocycles. The summed E-state index contributed by atoms with van der Waals surface area (Å²) in [5.74, 6) is 2.36. The number of likely N-dealkylation sites (tertiary alicyclic amines) is 1. The zero-order valence-electron chi connectivity index (χ0n) is 15.6. The van der Waals surface area contributed by atoms with Crippen LogP contribution in [0, 0.1) is 11.8 Å². The SMILES string of the molecule is CCC(CC)C1CCN(C(=NC)NCCS(=O)(=O)c2ccccc2)C1. The van der Waals surface area contributed by atoms with Gasteiger partial charge in [-0.05, 0) is 30.4 Å². The summed E-state index contributed by atoms with van der Waals surface area (Å²) in [6.45, 7) is 6.90. The van der Waals surface area contributed by atoms with E-state index in [1.807, 2.05) is 6.07 Å². The van der Waals surface area contributed by atoms with Gasteiger partial charge in [-0.1, -0.05) is 44.9 Å². The Bertz CT molecular complexity index is 655. The van der Waals surface area contributed by atoms with Crippen LogP contribution in [0.5, 0.6) is 0 Å². The van der Waals surface area contributed by atoms with Crippen molar-refractivity contribution in [3.05, 3.63) is 30.3 Å². The second-order valence-electron chi connectivity index (χ2n) is 6.68. The Morgan fingerprint density at radius 2 is 1.96 bits per heavy atom. The van der Waals surface area contributed by atoms with Crippen LogP contribution in [0.4, 0.5) is 0 Å². The number of rotatable bonds is 7. The average Bonchev–Trinajstić information content (AvgIpc) is 3.10. The molecule has 0 amide bonds. The van der Waals surface area contributed by atoms with Crippen LogP contribution in [0.1, 0.15) is 33.1 Å². The molecule has 0 saturated carbocycles.